The van der Waals surface area contributed by atoms with Gasteiger partial charge in [-0.2, -0.15) is 0 Å². The van der Waals surface area contributed by atoms with Crippen LogP contribution in [0.3, 0.4) is 0 Å². The molecule has 1 heteroatoms. The fourth-order valence-corrected chi connectivity index (χ4v) is 4.76. The Kier molecular flexibility index (Phi) is 4.74. The number of allylic oxidation sites excluding steroid dienone is 1. The summed E-state index contributed by atoms with van der Waals surface area (Å²) in [6.45, 7) is 0. The SMILES string of the molecule is O=C1CC=Cc2ccc3cc4ccccc4cc3c21.c1ccc2cc3ccccc3cc2c1. The lowest BCUT2D eigenvalue weighted by molar-refractivity contribution is 0.0996. The zero-order valence-corrected chi connectivity index (χ0v) is 18.2. The molecule has 0 heterocycles. The minimum atomic E-state index is 0.221. The summed E-state index contributed by atoms with van der Waals surface area (Å²) in [5.74, 6) is 0.221. The summed E-state index contributed by atoms with van der Waals surface area (Å²) in [5.41, 5.74) is 1.92. The molecule has 0 saturated heterocycles. The van der Waals surface area contributed by atoms with Crippen molar-refractivity contribution in [3.63, 3.8) is 0 Å². The Hall–Kier alpha value is -4.23. The predicted octanol–water partition coefficient (Wildman–Crippen LogP) is 8.59. The van der Waals surface area contributed by atoms with Gasteiger partial charge in [-0.3, -0.25) is 4.79 Å². The van der Waals surface area contributed by atoms with Crippen molar-refractivity contribution in [1.82, 2.24) is 0 Å². The lowest BCUT2D eigenvalue weighted by Crippen LogP contribution is -2.05. The largest absolute Gasteiger partial charge is 0.294 e. The van der Waals surface area contributed by atoms with Crippen LogP contribution in [0.25, 0.3) is 49.2 Å². The molecule has 6 aromatic rings. The molecule has 0 unspecified atom stereocenters. The molecule has 0 atom stereocenters. The molecule has 0 aliphatic heterocycles. The zero-order chi connectivity index (χ0) is 22.2. The zero-order valence-electron chi connectivity index (χ0n) is 18.2. The van der Waals surface area contributed by atoms with Crippen LogP contribution in [0.2, 0.25) is 0 Å². The van der Waals surface area contributed by atoms with Crippen LogP contribution in [0.4, 0.5) is 0 Å². The average Bonchev–Trinajstić information content (AvgIpc) is 2.86. The van der Waals surface area contributed by atoms with E-state index in [1.165, 1.54) is 32.3 Å². The average molecular weight is 423 g/mol. The van der Waals surface area contributed by atoms with Crippen LogP contribution >= 0.6 is 0 Å². The first kappa shape index (κ1) is 19.5. The van der Waals surface area contributed by atoms with Crippen molar-refractivity contribution in [3.8, 4) is 0 Å². The van der Waals surface area contributed by atoms with Crippen molar-refractivity contribution in [1.29, 1.82) is 0 Å². The van der Waals surface area contributed by atoms with Crippen molar-refractivity contribution in [2.75, 3.05) is 0 Å². The van der Waals surface area contributed by atoms with E-state index in [1.807, 2.05) is 30.4 Å². The number of benzene rings is 6. The number of ketones is 1. The molecule has 0 amide bonds. The number of rotatable bonds is 0. The lowest BCUT2D eigenvalue weighted by Gasteiger charge is -2.13. The standard InChI is InChI=1S/C18H12O.C14H10/c19-17-7-3-6-12-8-9-15-10-13-4-1-2-5-14(13)11-16(15)18(12)17;1-2-6-12-10-14-8-4-3-7-13(14)9-11(12)5-1/h1-6,8-11H,7H2;1-10H. The maximum absolute atomic E-state index is 12.2. The molecule has 0 spiro atoms. The molecule has 0 fully saturated rings. The fourth-order valence-electron chi connectivity index (χ4n) is 4.76. The Morgan fingerprint density at radius 3 is 1.45 bits per heavy atom. The van der Waals surface area contributed by atoms with E-state index in [2.05, 4.69) is 91.0 Å². The van der Waals surface area contributed by atoms with Crippen LogP contribution in [0.15, 0.2) is 115 Å². The smallest absolute Gasteiger partial charge is 0.167 e. The molecule has 0 aromatic heterocycles. The van der Waals surface area contributed by atoms with E-state index in [4.69, 9.17) is 0 Å². The van der Waals surface area contributed by atoms with Gasteiger partial charge in [0.2, 0.25) is 0 Å². The van der Waals surface area contributed by atoms with E-state index in [0.29, 0.717) is 6.42 Å². The third-order valence-corrected chi connectivity index (χ3v) is 6.41. The maximum atomic E-state index is 12.2. The van der Waals surface area contributed by atoms with Crippen molar-refractivity contribution in [2.24, 2.45) is 0 Å². The Balaban J connectivity index is 0.000000131. The van der Waals surface area contributed by atoms with Gasteiger partial charge in [0.05, 0.1) is 0 Å². The first-order valence-electron chi connectivity index (χ1n) is 11.3. The number of carbonyl (C=O) groups excluding carboxylic acids is 1. The van der Waals surface area contributed by atoms with Crippen LogP contribution in [0.1, 0.15) is 22.3 Å². The van der Waals surface area contributed by atoms with Gasteiger partial charge in [-0.15, -0.1) is 0 Å². The van der Waals surface area contributed by atoms with Gasteiger partial charge in [-0.1, -0.05) is 97.1 Å². The van der Waals surface area contributed by atoms with Gasteiger partial charge in [-0.25, -0.2) is 0 Å². The minimum absolute atomic E-state index is 0.221. The summed E-state index contributed by atoms with van der Waals surface area (Å²) in [6, 6.07) is 38.1. The van der Waals surface area contributed by atoms with Gasteiger partial charge >= 0.3 is 0 Å². The van der Waals surface area contributed by atoms with Crippen molar-refractivity contribution < 1.29 is 4.79 Å². The van der Waals surface area contributed by atoms with Gasteiger partial charge < -0.3 is 0 Å². The molecule has 0 N–H and O–H groups in total. The molecule has 7 rings (SSSR count). The molecule has 0 radical (unpaired) electrons. The van der Waals surface area contributed by atoms with E-state index in [9.17, 15) is 4.79 Å². The monoisotopic (exact) mass is 422 g/mol. The number of hydrogen-bond donors (Lipinski definition) is 0. The van der Waals surface area contributed by atoms with Crippen LogP contribution in [-0.4, -0.2) is 5.78 Å². The second-order valence-electron chi connectivity index (χ2n) is 8.53. The van der Waals surface area contributed by atoms with Crippen molar-refractivity contribution in [2.45, 2.75) is 6.42 Å². The summed E-state index contributed by atoms with van der Waals surface area (Å²) in [5, 5.41) is 9.86. The molecule has 0 saturated carbocycles. The number of hydrogen-bond acceptors (Lipinski definition) is 1. The molecule has 156 valence electrons. The van der Waals surface area contributed by atoms with E-state index < -0.39 is 0 Å². The second-order valence-corrected chi connectivity index (χ2v) is 8.53. The van der Waals surface area contributed by atoms with Gasteiger partial charge in [0.25, 0.3) is 0 Å². The van der Waals surface area contributed by atoms with Crippen molar-refractivity contribution in [3.05, 3.63) is 126 Å². The van der Waals surface area contributed by atoms with Crippen LogP contribution in [0.5, 0.6) is 0 Å². The normalized spacial score (nSPS) is 12.7. The molecule has 33 heavy (non-hydrogen) atoms. The first-order chi connectivity index (χ1) is 16.3. The highest BCUT2D eigenvalue weighted by Crippen LogP contribution is 2.31. The highest BCUT2D eigenvalue weighted by atomic mass is 16.1. The summed E-state index contributed by atoms with van der Waals surface area (Å²) in [7, 11) is 0. The highest BCUT2D eigenvalue weighted by Gasteiger charge is 2.16. The van der Waals surface area contributed by atoms with E-state index in [0.717, 1.165) is 21.9 Å². The lowest BCUT2D eigenvalue weighted by atomic mass is 9.90. The van der Waals surface area contributed by atoms with Crippen LogP contribution < -0.4 is 0 Å². The summed E-state index contributed by atoms with van der Waals surface area (Å²) >= 11 is 0. The molecular weight excluding hydrogens is 400 g/mol. The first-order valence-corrected chi connectivity index (χ1v) is 11.3. The molecule has 1 aliphatic carbocycles. The Bertz CT molecular complexity index is 1600. The Morgan fingerprint density at radius 2 is 0.939 bits per heavy atom. The molecule has 1 aliphatic rings. The van der Waals surface area contributed by atoms with Gasteiger partial charge in [0.15, 0.2) is 5.78 Å². The molecule has 6 aromatic carbocycles. The Labute approximate surface area is 192 Å². The van der Waals surface area contributed by atoms with Crippen LogP contribution in [-0.2, 0) is 0 Å². The summed E-state index contributed by atoms with van der Waals surface area (Å²) in [6.07, 6.45) is 4.50. The molecule has 1 nitrogen and oxygen atoms in total. The molecule has 0 bridgehead atoms. The van der Waals surface area contributed by atoms with Gasteiger partial charge in [0, 0.05) is 12.0 Å². The topological polar surface area (TPSA) is 17.1 Å². The van der Waals surface area contributed by atoms with Gasteiger partial charge in [0.1, 0.15) is 0 Å². The van der Waals surface area contributed by atoms with Gasteiger partial charge in [-0.05, 0) is 72.9 Å². The third kappa shape index (κ3) is 3.58. The third-order valence-electron chi connectivity index (χ3n) is 6.41. The van der Waals surface area contributed by atoms with E-state index >= 15 is 0 Å². The Morgan fingerprint density at radius 1 is 0.485 bits per heavy atom. The number of carbonyl (C=O) groups is 1. The van der Waals surface area contributed by atoms with E-state index in [-0.39, 0.29) is 5.78 Å². The van der Waals surface area contributed by atoms with E-state index in [1.54, 1.807) is 0 Å². The summed E-state index contributed by atoms with van der Waals surface area (Å²) in [4.78, 5) is 12.2. The van der Waals surface area contributed by atoms with Crippen LogP contribution in [0, 0.1) is 0 Å². The second kappa shape index (κ2) is 8.03. The number of Topliss-reactive ketones (excluding diaryl/α,β-unsaturated/α-hetero) is 1. The number of fused-ring (bicyclic) bond motifs is 6. The minimum Gasteiger partial charge on any atom is -0.294 e. The van der Waals surface area contributed by atoms with Crippen molar-refractivity contribution >= 4 is 54.9 Å². The highest BCUT2D eigenvalue weighted by molar-refractivity contribution is 6.15. The quantitative estimate of drug-likeness (QED) is 0.224. The maximum Gasteiger partial charge on any atom is 0.167 e. The fraction of sp³-hybridized carbons (Fsp3) is 0.0312. The predicted molar refractivity (Wildman–Crippen MR) is 141 cm³/mol. The summed E-state index contributed by atoms with van der Waals surface area (Å²) < 4.78 is 0. The molecular formula is C32H22O.